The summed E-state index contributed by atoms with van der Waals surface area (Å²) >= 11 is 0. The standard InChI is InChI=1S/C34H37N5O6/c1-44-31-21-25(14-17-30(31)40)32-35-33(26-8-5-11-28(20-26)39(42)43)38(36-32)18-19-45-29-15-12-23(13-16-29)22-37(27-9-2-3-10-27)34(41)24-6-4-7-24/h5,8,11-17,20-21,24,27,40H,2-4,6-7,9-10,18-19,22H2,1H3. The summed E-state index contributed by atoms with van der Waals surface area (Å²) in [5.74, 6) is 2.29. The third-order valence-corrected chi connectivity index (χ3v) is 8.78. The molecule has 1 aromatic heterocycles. The van der Waals surface area contributed by atoms with Crippen LogP contribution in [0.5, 0.6) is 17.2 Å². The van der Waals surface area contributed by atoms with Crippen LogP contribution in [0.15, 0.2) is 66.7 Å². The van der Waals surface area contributed by atoms with Crippen LogP contribution in [0, 0.1) is 16.0 Å². The zero-order valence-corrected chi connectivity index (χ0v) is 25.3. The highest BCUT2D eigenvalue weighted by Crippen LogP contribution is 2.34. The smallest absolute Gasteiger partial charge is 0.270 e. The number of nitro benzene ring substituents is 1. The van der Waals surface area contributed by atoms with Gasteiger partial charge in [0, 0.05) is 41.8 Å². The van der Waals surface area contributed by atoms with Crippen LogP contribution in [-0.4, -0.2) is 55.4 Å². The molecule has 1 heterocycles. The maximum Gasteiger partial charge on any atom is 0.270 e. The van der Waals surface area contributed by atoms with Crippen molar-refractivity contribution in [3.8, 4) is 40.0 Å². The Morgan fingerprint density at radius 3 is 2.49 bits per heavy atom. The molecule has 3 aromatic carbocycles. The lowest BCUT2D eigenvalue weighted by molar-refractivity contribution is -0.384. The van der Waals surface area contributed by atoms with Gasteiger partial charge in [0.25, 0.3) is 5.69 Å². The lowest BCUT2D eigenvalue weighted by Gasteiger charge is -2.35. The molecule has 45 heavy (non-hydrogen) atoms. The van der Waals surface area contributed by atoms with E-state index in [1.54, 1.807) is 28.9 Å². The highest BCUT2D eigenvalue weighted by atomic mass is 16.6. The molecule has 1 N–H and O–H groups in total. The minimum absolute atomic E-state index is 0.00443. The Bertz CT molecular complexity index is 1660. The first-order valence-electron chi connectivity index (χ1n) is 15.5. The van der Waals surface area contributed by atoms with E-state index in [0.29, 0.717) is 53.6 Å². The number of rotatable bonds is 12. The molecule has 0 bridgehead atoms. The molecule has 2 fully saturated rings. The second kappa shape index (κ2) is 13.4. The topological polar surface area (TPSA) is 133 Å². The molecule has 0 aliphatic heterocycles. The van der Waals surface area contributed by atoms with Crippen molar-refractivity contribution in [1.82, 2.24) is 19.7 Å². The largest absolute Gasteiger partial charge is 0.504 e. The van der Waals surface area contributed by atoms with Crippen LogP contribution < -0.4 is 9.47 Å². The van der Waals surface area contributed by atoms with Crippen LogP contribution in [0.2, 0.25) is 0 Å². The number of ether oxygens (including phenoxy) is 2. The maximum absolute atomic E-state index is 13.2. The van der Waals surface area contributed by atoms with E-state index >= 15 is 0 Å². The normalized spacial score (nSPS) is 15.0. The van der Waals surface area contributed by atoms with Crippen LogP contribution in [-0.2, 0) is 17.9 Å². The monoisotopic (exact) mass is 611 g/mol. The van der Waals surface area contributed by atoms with Crippen molar-refractivity contribution in [3.63, 3.8) is 0 Å². The number of hydrogen-bond acceptors (Lipinski definition) is 8. The third-order valence-electron chi connectivity index (χ3n) is 8.78. The molecule has 0 saturated heterocycles. The van der Waals surface area contributed by atoms with Crippen LogP contribution in [0.3, 0.4) is 0 Å². The number of non-ortho nitro benzene ring substituents is 1. The number of aromatic nitrogens is 3. The van der Waals surface area contributed by atoms with Gasteiger partial charge in [0.15, 0.2) is 23.1 Å². The van der Waals surface area contributed by atoms with E-state index in [0.717, 1.165) is 37.7 Å². The average molecular weight is 612 g/mol. The Hall–Kier alpha value is -4.93. The molecule has 2 aliphatic carbocycles. The molecule has 0 radical (unpaired) electrons. The van der Waals surface area contributed by atoms with Crippen molar-refractivity contribution >= 4 is 11.6 Å². The fourth-order valence-electron chi connectivity index (χ4n) is 6.04. The Morgan fingerprint density at radius 2 is 1.80 bits per heavy atom. The summed E-state index contributed by atoms with van der Waals surface area (Å²) in [5.41, 5.74) is 2.20. The number of nitrogens with zero attached hydrogens (tertiary/aromatic N) is 5. The van der Waals surface area contributed by atoms with Crippen LogP contribution >= 0.6 is 0 Å². The zero-order chi connectivity index (χ0) is 31.3. The maximum atomic E-state index is 13.2. The van der Waals surface area contributed by atoms with Gasteiger partial charge < -0.3 is 19.5 Å². The molecule has 234 valence electrons. The fraction of sp³-hybridized carbons (Fsp3) is 0.382. The van der Waals surface area contributed by atoms with Gasteiger partial charge in [0.2, 0.25) is 5.91 Å². The highest BCUT2D eigenvalue weighted by molar-refractivity contribution is 5.80. The number of carbonyl (C=O) groups excluding carboxylic acids is 1. The Morgan fingerprint density at radius 1 is 1.02 bits per heavy atom. The number of methoxy groups -OCH3 is 1. The number of hydrogen-bond donors (Lipinski definition) is 1. The van der Waals surface area contributed by atoms with Gasteiger partial charge in [-0.2, -0.15) is 5.10 Å². The molecule has 0 atom stereocenters. The second-order valence-electron chi connectivity index (χ2n) is 11.7. The van der Waals surface area contributed by atoms with E-state index in [1.165, 1.54) is 38.2 Å². The quantitative estimate of drug-likeness (QED) is 0.144. The summed E-state index contributed by atoms with van der Waals surface area (Å²) in [6, 6.07) is 19.3. The minimum Gasteiger partial charge on any atom is -0.504 e. The minimum atomic E-state index is -0.445. The lowest BCUT2D eigenvalue weighted by atomic mass is 9.84. The number of phenols is 1. The first kappa shape index (κ1) is 30.1. The van der Waals surface area contributed by atoms with Gasteiger partial charge in [-0.3, -0.25) is 14.9 Å². The highest BCUT2D eigenvalue weighted by Gasteiger charge is 2.34. The summed E-state index contributed by atoms with van der Waals surface area (Å²) in [4.78, 5) is 31.0. The molecule has 2 aliphatic rings. The molecule has 2 saturated carbocycles. The van der Waals surface area contributed by atoms with Gasteiger partial charge in [0.1, 0.15) is 12.4 Å². The van der Waals surface area contributed by atoms with E-state index in [2.05, 4.69) is 10.00 Å². The summed E-state index contributed by atoms with van der Waals surface area (Å²) in [6.45, 7) is 1.22. The van der Waals surface area contributed by atoms with Gasteiger partial charge in [-0.05, 0) is 61.6 Å². The molecule has 6 rings (SSSR count). The van der Waals surface area contributed by atoms with Gasteiger partial charge in [-0.1, -0.05) is 43.5 Å². The predicted octanol–water partition coefficient (Wildman–Crippen LogP) is 6.38. The van der Waals surface area contributed by atoms with E-state index in [1.807, 2.05) is 24.3 Å². The van der Waals surface area contributed by atoms with Crippen molar-refractivity contribution < 1.29 is 24.3 Å². The molecule has 0 spiro atoms. The Balaban J connectivity index is 1.16. The van der Waals surface area contributed by atoms with Crippen LogP contribution in [0.25, 0.3) is 22.8 Å². The SMILES string of the molecule is COc1cc(-c2nc(-c3cccc([N+](=O)[O-])c3)n(CCOc3ccc(CN(C(=O)C4CCC4)C4CCCC4)cc3)n2)ccc1O. The second-order valence-corrected chi connectivity index (χ2v) is 11.7. The lowest BCUT2D eigenvalue weighted by Crippen LogP contribution is -2.43. The predicted molar refractivity (Wildman–Crippen MR) is 168 cm³/mol. The van der Waals surface area contributed by atoms with E-state index in [9.17, 15) is 20.0 Å². The van der Waals surface area contributed by atoms with E-state index in [4.69, 9.17) is 14.5 Å². The number of carbonyl (C=O) groups is 1. The number of amides is 1. The van der Waals surface area contributed by atoms with Crippen molar-refractivity contribution in [2.45, 2.75) is 64.1 Å². The molecule has 1 amide bonds. The first-order chi connectivity index (χ1) is 21.9. The summed E-state index contributed by atoms with van der Waals surface area (Å²) in [6.07, 6.45) is 7.71. The van der Waals surface area contributed by atoms with Crippen LogP contribution in [0.4, 0.5) is 5.69 Å². The molecule has 4 aromatic rings. The molecule has 11 nitrogen and oxygen atoms in total. The van der Waals surface area contributed by atoms with Gasteiger partial charge in [-0.15, -0.1) is 0 Å². The van der Waals surface area contributed by atoms with E-state index in [-0.39, 0.29) is 29.7 Å². The molecule has 0 unspecified atom stereocenters. The first-order valence-corrected chi connectivity index (χ1v) is 15.5. The van der Waals surface area contributed by atoms with Gasteiger partial charge in [0.05, 0.1) is 18.6 Å². The number of benzene rings is 3. The van der Waals surface area contributed by atoms with Crippen molar-refractivity contribution in [2.75, 3.05) is 13.7 Å². The summed E-state index contributed by atoms with van der Waals surface area (Å²) in [7, 11) is 1.46. The number of nitro groups is 1. The number of phenolic OH excluding ortho intramolecular Hbond substituents is 1. The Labute approximate surface area is 261 Å². The summed E-state index contributed by atoms with van der Waals surface area (Å²) < 4.78 is 13.0. The molecular weight excluding hydrogens is 574 g/mol. The van der Waals surface area contributed by atoms with Gasteiger partial charge >= 0.3 is 0 Å². The van der Waals surface area contributed by atoms with E-state index < -0.39 is 4.92 Å². The molecule has 11 heteroatoms. The molecular formula is C34H37N5O6. The zero-order valence-electron chi connectivity index (χ0n) is 25.3. The van der Waals surface area contributed by atoms with Gasteiger partial charge in [-0.25, -0.2) is 9.67 Å². The van der Waals surface area contributed by atoms with Crippen LogP contribution in [0.1, 0.15) is 50.5 Å². The third kappa shape index (κ3) is 6.77. The average Bonchev–Trinajstić information content (AvgIpc) is 3.71. The summed E-state index contributed by atoms with van der Waals surface area (Å²) in [5, 5.41) is 26.1. The van der Waals surface area contributed by atoms with Crippen molar-refractivity contribution in [2.24, 2.45) is 5.92 Å². The van der Waals surface area contributed by atoms with Crippen molar-refractivity contribution in [3.05, 3.63) is 82.4 Å². The van der Waals surface area contributed by atoms with Crippen molar-refractivity contribution in [1.29, 1.82) is 0 Å². The fourth-order valence-corrected chi connectivity index (χ4v) is 6.04. The number of aromatic hydroxyl groups is 1. The Kier molecular flexibility index (Phi) is 8.95.